The molecular weight excluding hydrogens is 284 g/mol. The van der Waals surface area contributed by atoms with Gasteiger partial charge in [0.1, 0.15) is 11.6 Å². The van der Waals surface area contributed by atoms with Crippen LogP contribution in [0, 0.1) is 11.6 Å². The van der Waals surface area contributed by atoms with Crippen LogP contribution < -0.4 is 5.32 Å². The summed E-state index contributed by atoms with van der Waals surface area (Å²) in [6.45, 7) is 0.417. The van der Waals surface area contributed by atoms with Gasteiger partial charge in [0, 0.05) is 25.4 Å². The van der Waals surface area contributed by atoms with Crippen molar-refractivity contribution in [3.8, 4) is 0 Å². The van der Waals surface area contributed by atoms with E-state index in [9.17, 15) is 18.4 Å². The van der Waals surface area contributed by atoms with Crippen LogP contribution in [-0.2, 0) is 6.54 Å². The molecule has 1 aromatic heterocycles. The normalized spacial score (nSPS) is 10.4. The summed E-state index contributed by atoms with van der Waals surface area (Å²) in [7, 11) is 0. The standard InChI is InChI=1S/C13H11F2N3O3/c14-8-1-2-9(10(15)5-8)12(19)16-3-4-18-6-11(13(20)21)17-7-18/h1-2,5-7H,3-4H2,(H,16,19)(H,20,21). The van der Waals surface area contributed by atoms with Gasteiger partial charge in [0.25, 0.3) is 5.91 Å². The van der Waals surface area contributed by atoms with Gasteiger partial charge in [0.2, 0.25) is 0 Å². The van der Waals surface area contributed by atoms with Crippen LogP contribution in [0.4, 0.5) is 8.78 Å². The maximum atomic E-state index is 13.4. The smallest absolute Gasteiger partial charge is 0.356 e. The van der Waals surface area contributed by atoms with E-state index < -0.39 is 23.5 Å². The Bertz CT molecular complexity index is 685. The molecule has 0 aliphatic heterocycles. The first-order chi connectivity index (χ1) is 9.97. The lowest BCUT2D eigenvalue weighted by molar-refractivity contribution is 0.0690. The molecule has 0 radical (unpaired) electrons. The second-order valence-electron chi connectivity index (χ2n) is 4.18. The number of carboxylic acid groups (broad SMARTS) is 1. The fourth-order valence-electron chi connectivity index (χ4n) is 1.66. The van der Waals surface area contributed by atoms with Gasteiger partial charge in [0.15, 0.2) is 5.69 Å². The van der Waals surface area contributed by atoms with E-state index in [1.165, 1.54) is 17.1 Å². The van der Waals surface area contributed by atoms with Crippen molar-refractivity contribution in [2.45, 2.75) is 6.54 Å². The number of hydrogen-bond donors (Lipinski definition) is 2. The van der Waals surface area contributed by atoms with Gasteiger partial charge in [-0.3, -0.25) is 4.79 Å². The molecule has 0 atom stereocenters. The second kappa shape index (κ2) is 6.12. The van der Waals surface area contributed by atoms with Crippen LogP contribution in [0.25, 0.3) is 0 Å². The Balaban J connectivity index is 1.90. The lowest BCUT2D eigenvalue weighted by Gasteiger charge is -2.06. The molecule has 1 aromatic carbocycles. The van der Waals surface area contributed by atoms with E-state index >= 15 is 0 Å². The van der Waals surface area contributed by atoms with Gasteiger partial charge < -0.3 is 15.0 Å². The van der Waals surface area contributed by atoms with E-state index in [1.54, 1.807) is 0 Å². The maximum absolute atomic E-state index is 13.4. The van der Waals surface area contributed by atoms with Gasteiger partial charge in [-0.1, -0.05) is 0 Å². The van der Waals surface area contributed by atoms with Crippen LogP contribution in [0.5, 0.6) is 0 Å². The first kappa shape index (κ1) is 14.6. The third kappa shape index (κ3) is 3.62. The molecular formula is C13H11F2N3O3. The van der Waals surface area contributed by atoms with Crippen molar-refractivity contribution in [2.24, 2.45) is 0 Å². The number of nitrogens with one attached hydrogen (secondary N) is 1. The van der Waals surface area contributed by atoms with E-state index in [0.29, 0.717) is 6.07 Å². The Morgan fingerprint density at radius 1 is 1.33 bits per heavy atom. The number of carbonyl (C=O) groups excluding carboxylic acids is 1. The number of rotatable bonds is 5. The summed E-state index contributed by atoms with van der Waals surface area (Å²) >= 11 is 0. The van der Waals surface area contributed by atoms with Crippen molar-refractivity contribution in [2.75, 3.05) is 6.54 Å². The maximum Gasteiger partial charge on any atom is 0.356 e. The van der Waals surface area contributed by atoms with Crippen LogP contribution in [0.15, 0.2) is 30.7 Å². The van der Waals surface area contributed by atoms with E-state index in [2.05, 4.69) is 10.3 Å². The van der Waals surface area contributed by atoms with E-state index in [1.807, 2.05) is 0 Å². The Hall–Kier alpha value is -2.77. The molecule has 0 saturated carbocycles. The third-order valence-corrected chi connectivity index (χ3v) is 2.68. The fraction of sp³-hybridized carbons (Fsp3) is 0.154. The summed E-state index contributed by atoms with van der Waals surface area (Å²) in [5.74, 6) is -3.52. The molecule has 0 aliphatic rings. The summed E-state index contributed by atoms with van der Waals surface area (Å²) in [6.07, 6.45) is 2.63. The van der Waals surface area contributed by atoms with Crippen LogP contribution in [0.3, 0.4) is 0 Å². The molecule has 2 aromatic rings. The predicted octanol–water partition coefficient (Wildman–Crippen LogP) is 1.29. The number of hydrogen-bond acceptors (Lipinski definition) is 3. The Labute approximate surface area is 118 Å². The summed E-state index contributed by atoms with van der Waals surface area (Å²) in [5.41, 5.74) is -0.362. The molecule has 8 heteroatoms. The Morgan fingerprint density at radius 3 is 2.71 bits per heavy atom. The van der Waals surface area contributed by atoms with Crippen molar-refractivity contribution < 1.29 is 23.5 Å². The monoisotopic (exact) mass is 295 g/mol. The number of aromatic nitrogens is 2. The third-order valence-electron chi connectivity index (χ3n) is 2.68. The first-order valence-electron chi connectivity index (χ1n) is 5.95. The molecule has 0 saturated heterocycles. The molecule has 2 N–H and O–H groups in total. The van der Waals surface area contributed by atoms with Crippen LogP contribution in [0.2, 0.25) is 0 Å². The van der Waals surface area contributed by atoms with Gasteiger partial charge >= 0.3 is 5.97 Å². The summed E-state index contributed by atoms with van der Waals surface area (Å²) in [5, 5.41) is 11.1. The van der Waals surface area contributed by atoms with E-state index in [4.69, 9.17) is 5.11 Å². The molecule has 0 unspecified atom stereocenters. The lowest BCUT2D eigenvalue weighted by Crippen LogP contribution is -2.27. The van der Waals surface area contributed by atoms with E-state index in [0.717, 1.165) is 12.1 Å². The summed E-state index contributed by atoms with van der Waals surface area (Å²) in [4.78, 5) is 26.0. The average molecular weight is 295 g/mol. The SMILES string of the molecule is O=C(O)c1cn(CCNC(=O)c2ccc(F)cc2F)cn1. The minimum Gasteiger partial charge on any atom is -0.476 e. The van der Waals surface area contributed by atoms with Crippen molar-refractivity contribution in [1.82, 2.24) is 14.9 Å². The molecule has 110 valence electrons. The number of halogens is 2. The zero-order valence-electron chi connectivity index (χ0n) is 10.7. The fourth-order valence-corrected chi connectivity index (χ4v) is 1.66. The van der Waals surface area contributed by atoms with Gasteiger partial charge in [0.05, 0.1) is 11.9 Å². The second-order valence-corrected chi connectivity index (χ2v) is 4.18. The molecule has 0 bridgehead atoms. The summed E-state index contributed by atoms with van der Waals surface area (Å²) in [6, 6.07) is 2.68. The average Bonchev–Trinajstić information content (AvgIpc) is 2.87. The van der Waals surface area contributed by atoms with Crippen LogP contribution >= 0.6 is 0 Å². The zero-order valence-corrected chi connectivity index (χ0v) is 10.7. The molecule has 1 heterocycles. The van der Waals surface area contributed by atoms with Gasteiger partial charge in [-0.2, -0.15) is 0 Å². The van der Waals surface area contributed by atoms with Crippen molar-refractivity contribution in [1.29, 1.82) is 0 Å². The van der Waals surface area contributed by atoms with Gasteiger partial charge in [-0.05, 0) is 12.1 Å². The van der Waals surface area contributed by atoms with Gasteiger partial charge in [-0.15, -0.1) is 0 Å². The molecule has 0 fully saturated rings. The number of benzene rings is 1. The van der Waals surface area contributed by atoms with Crippen LogP contribution in [-0.4, -0.2) is 33.1 Å². The van der Waals surface area contributed by atoms with E-state index in [-0.39, 0.29) is 24.3 Å². The number of carbonyl (C=O) groups is 2. The van der Waals surface area contributed by atoms with Crippen molar-refractivity contribution in [3.63, 3.8) is 0 Å². The summed E-state index contributed by atoms with van der Waals surface area (Å²) < 4.78 is 27.6. The largest absolute Gasteiger partial charge is 0.476 e. The number of aromatic carboxylic acids is 1. The Morgan fingerprint density at radius 2 is 2.10 bits per heavy atom. The number of carboxylic acids is 1. The van der Waals surface area contributed by atoms with Crippen LogP contribution in [0.1, 0.15) is 20.8 Å². The number of amides is 1. The topological polar surface area (TPSA) is 84.2 Å². The molecule has 0 spiro atoms. The minimum absolute atomic E-state index is 0.106. The zero-order chi connectivity index (χ0) is 15.4. The molecule has 21 heavy (non-hydrogen) atoms. The first-order valence-corrected chi connectivity index (χ1v) is 5.95. The highest BCUT2D eigenvalue weighted by atomic mass is 19.1. The molecule has 0 aliphatic carbocycles. The minimum atomic E-state index is -1.15. The van der Waals surface area contributed by atoms with Gasteiger partial charge in [-0.25, -0.2) is 18.6 Å². The number of imidazole rings is 1. The molecule has 6 nitrogen and oxygen atoms in total. The van der Waals surface area contributed by atoms with Crippen molar-refractivity contribution in [3.05, 3.63) is 53.6 Å². The quantitative estimate of drug-likeness (QED) is 0.870. The highest BCUT2D eigenvalue weighted by Crippen LogP contribution is 2.09. The predicted molar refractivity (Wildman–Crippen MR) is 67.9 cm³/mol. The lowest BCUT2D eigenvalue weighted by atomic mass is 10.2. The molecule has 1 amide bonds. The highest BCUT2D eigenvalue weighted by Gasteiger charge is 2.12. The Kier molecular flexibility index (Phi) is 4.27. The number of nitrogens with zero attached hydrogens (tertiary/aromatic N) is 2. The van der Waals surface area contributed by atoms with Crippen molar-refractivity contribution >= 4 is 11.9 Å². The molecule has 2 rings (SSSR count). The highest BCUT2D eigenvalue weighted by molar-refractivity contribution is 5.94.